The van der Waals surface area contributed by atoms with Crippen LogP contribution in [0.4, 0.5) is 5.69 Å². The van der Waals surface area contributed by atoms with Gasteiger partial charge in [-0.25, -0.2) is 0 Å². The number of rotatable bonds is 7. The third kappa shape index (κ3) is 5.48. The summed E-state index contributed by atoms with van der Waals surface area (Å²) in [5.74, 6) is 0.0638. The van der Waals surface area contributed by atoms with Crippen molar-refractivity contribution >= 4 is 23.2 Å². The summed E-state index contributed by atoms with van der Waals surface area (Å²) >= 11 is 6.09. The summed E-state index contributed by atoms with van der Waals surface area (Å²) in [6.07, 6.45) is 4.95. The SMILES string of the molecule is CN(CCC(=O)NC1CCCC1)Cc1cc([N+](=O)[O-])ccc1Cl. The van der Waals surface area contributed by atoms with E-state index in [1.54, 1.807) is 0 Å². The highest BCUT2D eigenvalue weighted by Crippen LogP contribution is 2.23. The molecule has 1 saturated carbocycles. The maximum absolute atomic E-state index is 11.9. The van der Waals surface area contributed by atoms with E-state index in [-0.39, 0.29) is 11.6 Å². The van der Waals surface area contributed by atoms with Crippen LogP contribution >= 0.6 is 11.6 Å². The van der Waals surface area contributed by atoms with Gasteiger partial charge in [0, 0.05) is 42.7 Å². The molecule has 0 heterocycles. The summed E-state index contributed by atoms with van der Waals surface area (Å²) < 4.78 is 0. The average molecular weight is 340 g/mol. The first-order valence-electron chi connectivity index (χ1n) is 7.86. The number of nitro groups is 1. The van der Waals surface area contributed by atoms with Gasteiger partial charge in [-0.3, -0.25) is 14.9 Å². The number of nitro benzene ring substituents is 1. The molecule has 1 amide bonds. The van der Waals surface area contributed by atoms with Crippen molar-refractivity contribution in [2.45, 2.75) is 44.7 Å². The number of halogens is 1. The summed E-state index contributed by atoms with van der Waals surface area (Å²) in [7, 11) is 1.87. The van der Waals surface area contributed by atoms with Gasteiger partial charge in [0.1, 0.15) is 0 Å². The molecule has 0 bridgehead atoms. The van der Waals surface area contributed by atoms with Crippen LogP contribution in [0.2, 0.25) is 5.02 Å². The Morgan fingerprint density at radius 1 is 1.43 bits per heavy atom. The van der Waals surface area contributed by atoms with Crippen LogP contribution in [0, 0.1) is 10.1 Å². The number of nitrogens with zero attached hydrogens (tertiary/aromatic N) is 2. The van der Waals surface area contributed by atoms with Crippen LogP contribution in [-0.2, 0) is 11.3 Å². The van der Waals surface area contributed by atoms with Crippen LogP contribution in [-0.4, -0.2) is 35.4 Å². The second-order valence-corrected chi connectivity index (χ2v) is 6.48. The molecule has 1 aromatic rings. The number of nitrogens with one attached hydrogen (secondary N) is 1. The predicted molar refractivity (Wildman–Crippen MR) is 89.5 cm³/mol. The van der Waals surface area contributed by atoms with Crippen molar-refractivity contribution in [3.63, 3.8) is 0 Å². The number of carbonyl (C=O) groups is 1. The van der Waals surface area contributed by atoms with E-state index in [4.69, 9.17) is 11.6 Å². The van der Waals surface area contributed by atoms with E-state index in [1.807, 2.05) is 11.9 Å². The fourth-order valence-electron chi connectivity index (χ4n) is 2.83. The molecule has 0 saturated heterocycles. The quantitative estimate of drug-likeness (QED) is 0.611. The Labute approximate surface area is 141 Å². The Bertz CT molecular complexity index is 574. The van der Waals surface area contributed by atoms with E-state index < -0.39 is 4.92 Å². The zero-order chi connectivity index (χ0) is 16.8. The van der Waals surface area contributed by atoms with Gasteiger partial charge in [0.15, 0.2) is 0 Å². The first-order valence-corrected chi connectivity index (χ1v) is 8.24. The topological polar surface area (TPSA) is 75.5 Å². The lowest BCUT2D eigenvalue weighted by molar-refractivity contribution is -0.384. The van der Waals surface area contributed by atoms with Crippen molar-refractivity contribution < 1.29 is 9.72 Å². The molecule has 7 heteroatoms. The van der Waals surface area contributed by atoms with E-state index in [9.17, 15) is 14.9 Å². The summed E-state index contributed by atoms with van der Waals surface area (Å²) in [6.45, 7) is 1.05. The van der Waals surface area contributed by atoms with Crippen LogP contribution in [0.25, 0.3) is 0 Å². The Morgan fingerprint density at radius 2 is 2.13 bits per heavy atom. The lowest BCUT2D eigenvalue weighted by Crippen LogP contribution is -2.34. The number of non-ortho nitro benzene ring substituents is 1. The molecule has 0 aromatic heterocycles. The van der Waals surface area contributed by atoms with Crippen LogP contribution in [0.3, 0.4) is 0 Å². The standard InChI is InChI=1S/C16H22ClN3O3/c1-19(9-8-16(21)18-13-4-2-3-5-13)11-12-10-14(20(22)23)6-7-15(12)17/h6-7,10,13H,2-5,8-9,11H2,1H3,(H,18,21). The maximum Gasteiger partial charge on any atom is 0.269 e. The highest BCUT2D eigenvalue weighted by Gasteiger charge is 2.17. The Kier molecular flexibility index (Phi) is 6.36. The van der Waals surface area contributed by atoms with E-state index in [2.05, 4.69) is 5.32 Å². The van der Waals surface area contributed by atoms with Crippen molar-refractivity contribution in [3.05, 3.63) is 38.9 Å². The molecule has 1 N–H and O–H groups in total. The summed E-state index contributed by atoms with van der Waals surface area (Å²) in [5, 5.41) is 14.4. The molecule has 1 fully saturated rings. The van der Waals surface area contributed by atoms with Crippen molar-refractivity contribution in [2.75, 3.05) is 13.6 Å². The Morgan fingerprint density at radius 3 is 2.78 bits per heavy atom. The molecule has 0 unspecified atom stereocenters. The van der Waals surface area contributed by atoms with Crippen LogP contribution < -0.4 is 5.32 Å². The smallest absolute Gasteiger partial charge is 0.269 e. The van der Waals surface area contributed by atoms with Gasteiger partial charge in [-0.15, -0.1) is 0 Å². The molecule has 0 aliphatic heterocycles. The summed E-state index contributed by atoms with van der Waals surface area (Å²) in [4.78, 5) is 24.2. The minimum atomic E-state index is -0.436. The Hall–Kier alpha value is -1.66. The Balaban J connectivity index is 1.82. The van der Waals surface area contributed by atoms with Gasteiger partial charge in [0.2, 0.25) is 5.91 Å². The lowest BCUT2D eigenvalue weighted by atomic mass is 10.2. The fourth-order valence-corrected chi connectivity index (χ4v) is 3.01. The minimum absolute atomic E-state index is 0.0248. The number of amides is 1. The first kappa shape index (κ1) is 17.7. The minimum Gasteiger partial charge on any atom is -0.353 e. The molecule has 1 aliphatic carbocycles. The second-order valence-electron chi connectivity index (χ2n) is 6.07. The van der Waals surface area contributed by atoms with E-state index in [0.717, 1.165) is 12.8 Å². The molecule has 0 spiro atoms. The largest absolute Gasteiger partial charge is 0.353 e. The van der Waals surface area contributed by atoms with Gasteiger partial charge < -0.3 is 10.2 Å². The molecule has 126 valence electrons. The number of hydrogen-bond donors (Lipinski definition) is 1. The van der Waals surface area contributed by atoms with Gasteiger partial charge >= 0.3 is 0 Å². The molecule has 0 radical (unpaired) electrons. The maximum atomic E-state index is 11.9. The van der Waals surface area contributed by atoms with E-state index in [1.165, 1.54) is 31.0 Å². The van der Waals surface area contributed by atoms with Crippen molar-refractivity contribution in [2.24, 2.45) is 0 Å². The van der Waals surface area contributed by atoms with Crippen LogP contribution in [0.15, 0.2) is 18.2 Å². The lowest BCUT2D eigenvalue weighted by Gasteiger charge is -2.18. The van der Waals surface area contributed by atoms with Gasteiger partial charge in [-0.1, -0.05) is 24.4 Å². The van der Waals surface area contributed by atoms with Crippen molar-refractivity contribution in [1.82, 2.24) is 10.2 Å². The van der Waals surface area contributed by atoms with Crippen LogP contribution in [0.1, 0.15) is 37.7 Å². The highest BCUT2D eigenvalue weighted by molar-refractivity contribution is 6.31. The van der Waals surface area contributed by atoms with Crippen molar-refractivity contribution in [1.29, 1.82) is 0 Å². The number of hydrogen-bond acceptors (Lipinski definition) is 4. The van der Waals surface area contributed by atoms with Crippen molar-refractivity contribution in [3.8, 4) is 0 Å². The molecular formula is C16H22ClN3O3. The average Bonchev–Trinajstić information content (AvgIpc) is 3.00. The number of benzene rings is 1. The monoisotopic (exact) mass is 339 g/mol. The summed E-state index contributed by atoms with van der Waals surface area (Å²) in [6, 6.07) is 4.74. The highest BCUT2D eigenvalue weighted by atomic mass is 35.5. The fraction of sp³-hybridized carbons (Fsp3) is 0.562. The molecule has 0 atom stereocenters. The zero-order valence-electron chi connectivity index (χ0n) is 13.3. The molecular weight excluding hydrogens is 318 g/mol. The van der Waals surface area contributed by atoms with Crippen LogP contribution in [0.5, 0.6) is 0 Å². The van der Waals surface area contributed by atoms with Gasteiger partial charge in [-0.05, 0) is 31.5 Å². The summed E-state index contributed by atoms with van der Waals surface area (Å²) in [5.41, 5.74) is 0.719. The molecule has 1 aliphatic rings. The molecule has 23 heavy (non-hydrogen) atoms. The third-order valence-corrected chi connectivity index (χ3v) is 4.49. The van der Waals surface area contributed by atoms with Gasteiger partial charge in [0.05, 0.1) is 4.92 Å². The molecule has 2 rings (SSSR count). The normalized spacial score (nSPS) is 15.1. The van der Waals surface area contributed by atoms with E-state index in [0.29, 0.717) is 36.1 Å². The second kappa shape index (κ2) is 8.26. The van der Waals surface area contributed by atoms with E-state index >= 15 is 0 Å². The third-order valence-electron chi connectivity index (χ3n) is 4.12. The molecule has 6 nitrogen and oxygen atoms in total. The first-order chi connectivity index (χ1) is 11.0. The van der Waals surface area contributed by atoms with Gasteiger partial charge in [-0.2, -0.15) is 0 Å². The predicted octanol–water partition coefficient (Wildman–Crippen LogP) is 3.13. The zero-order valence-corrected chi connectivity index (χ0v) is 14.0. The van der Waals surface area contributed by atoms with Gasteiger partial charge in [0.25, 0.3) is 5.69 Å². The molecule has 1 aromatic carbocycles. The number of carbonyl (C=O) groups excluding carboxylic acids is 1.